The van der Waals surface area contributed by atoms with Crippen LogP contribution in [0.25, 0.3) is 0 Å². The molecule has 2 amide bonds. The van der Waals surface area contributed by atoms with Crippen LogP contribution in [0, 0.1) is 5.92 Å². The molecule has 1 heterocycles. The fraction of sp³-hybridized carbons (Fsp3) is 0.267. The largest absolute Gasteiger partial charge is 0.347 e. The van der Waals surface area contributed by atoms with Crippen LogP contribution in [0.3, 0.4) is 0 Å². The Morgan fingerprint density at radius 2 is 2.18 bits per heavy atom. The first kappa shape index (κ1) is 15.0. The maximum Gasteiger partial charge on any atom is 0.245 e. The number of thiazole rings is 1. The van der Waals surface area contributed by atoms with E-state index in [-0.39, 0.29) is 30.2 Å². The molecule has 2 atom stereocenters. The summed E-state index contributed by atoms with van der Waals surface area (Å²) in [6.45, 7) is -0.0514. The lowest BCUT2D eigenvalue weighted by Gasteiger charge is -2.06. The highest BCUT2D eigenvalue weighted by Crippen LogP contribution is 2.49. The van der Waals surface area contributed by atoms with Gasteiger partial charge in [-0.05, 0) is 24.0 Å². The minimum atomic E-state index is -0.279. The van der Waals surface area contributed by atoms with Crippen molar-refractivity contribution >= 4 is 39.9 Å². The number of carbonyl (C=O) groups excluding carboxylic acids is 2. The lowest BCUT2D eigenvalue weighted by molar-refractivity contribution is -0.125. The van der Waals surface area contributed by atoms with Gasteiger partial charge in [-0.15, -0.1) is 11.3 Å². The van der Waals surface area contributed by atoms with Crippen LogP contribution in [0.4, 0.5) is 5.13 Å². The van der Waals surface area contributed by atoms with Crippen LogP contribution in [-0.2, 0) is 9.59 Å². The van der Waals surface area contributed by atoms with Crippen LogP contribution in [0.15, 0.2) is 35.8 Å². The molecule has 22 heavy (non-hydrogen) atoms. The van der Waals surface area contributed by atoms with E-state index < -0.39 is 0 Å². The zero-order valence-corrected chi connectivity index (χ0v) is 13.2. The molecule has 1 saturated carbocycles. The molecule has 7 heteroatoms. The number of rotatable bonds is 5. The quantitative estimate of drug-likeness (QED) is 0.882. The van der Waals surface area contributed by atoms with Crippen LogP contribution in [0.2, 0.25) is 5.02 Å². The third-order valence-corrected chi connectivity index (χ3v) is 4.57. The Morgan fingerprint density at radius 3 is 2.91 bits per heavy atom. The first-order valence-electron chi connectivity index (χ1n) is 6.86. The fourth-order valence-corrected chi connectivity index (χ4v) is 3.17. The number of hydrogen-bond donors (Lipinski definition) is 2. The minimum Gasteiger partial charge on any atom is -0.347 e. The molecule has 0 bridgehead atoms. The summed E-state index contributed by atoms with van der Waals surface area (Å²) in [6, 6.07) is 7.54. The molecular weight excluding hydrogens is 322 g/mol. The van der Waals surface area contributed by atoms with Crippen molar-refractivity contribution in [2.24, 2.45) is 5.92 Å². The molecular formula is C15H14ClN3O2S. The zero-order chi connectivity index (χ0) is 15.5. The van der Waals surface area contributed by atoms with E-state index in [0.717, 1.165) is 12.0 Å². The normalized spacial score (nSPS) is 19.5. The van der Waals surface area contributed by atoms with Gasteiger partial charge < -0.3 is 10.6 Å². The van der Waals surface area contributed by atoms with Gasteiger partial charge in [0.05, 0.1) is 6.54 Å². The van der Waals surface area contributed by atoms with Gasteiger partial charge in [0.25, 0.3) is 0 Å². The Balaban J connectivity index is 1.48. The number of carbonyl (C=O) groups is 2. The van der Waals surface area contributed by atoms with Crippen molar-refractivity contribution in [1.29, 1.82) is 0 Å². The smallest absolute Gasteiger partial charge is 0.245 e. The SMILES string of the molecule is O=C(CNC(=O)C1CC1c1ccccc1Cl)Nc1nccs1. The van der Waals surface area contributed by atoms with Gasteiger partial charge in [0, 0.05) is 22.5 Å². The lowest BCUT2D eigenvalue weighted by Crippen LogP contribution is -2.34. The highest BCUT2D eigenvalue weighted by molar-refractivity contribution is 7.13. The molecule has 2 unspecified atom stereocenters. The first-order chi connectivity index (χ1) is 10.6. The molecule has 3 rings (SSSR count). The number of nitrogens with zero attached hydrogens (tertiary/aromatic N) is 1. The third kappa shape index (κ3) is 3.45. The summed E-state index contributed by atoms with van der Waals surface area (Å²) in [5.74, 6) is -0.347. The van der Waals surface area contributed by atoms with Gasteiger partial charge in [0.2, 0.25) is 11.8 Å². The summed E-state index contributed by atoms with van der Waals surface area (Å²) in [4.78, 5) is 27.7. The van der Waals surface area contributed by atoms with E-state index in [9.17, 15) is 9.59 Å². The first-order valence-corrected chi connectivity index (χ1v) is 8.12. The van der Waals surface area contributed by atoms with Crippen molar-refractivity contribution in [2.45, 2.75) is 12.3 Å². The average Bonchev–Trinajstić information content (AvgIpc) is 3.14. The Morgan fingerprint density at radius 1 is 1.36 bits per heavy atom. The molecule has 2 N–H and O–H groups in total. The molecule has 1 fully saturated rings. The molecule has 1 aromatic carbocycles. The van der Waals surface area contributed by atoms with Gasteiger partial charge >= 0.3 is 0 Å². The van der Waals surface area contributed by atoms with Crippen molar-refractivity contribution in [2.75, 3.05) is 11.9 Å². The molecule has 5 nitrogen and oxygen atoms in total. The van der Waals surface area contributed by atoms with Gasteiger partial charge in [-0.25, -0.2) is 4.98 Å². The molecule has 0 aliphatic heterocycles. The molecule has 0 radical (unpaired) electrons. The Labute approximate surface area is 136 Å². The predicted molar refractivity (Wildman–Crippen MR) is 86.1 cm³/mol. The van der Waals surface area contributed by atoms with Gasteiger partial charge in [0.15, 0.2) is 5.13 Å². The number of hydrogen-bond acceptors (Lipinski definition) is 4. The molecule has 114 valence electrons. The third-order valence-electron chi connectivity index (χ3n) is 3.53. The molecule has 1 aromatic heterocycles. The number of benzene rings is 1. The summed E-state index contributed by atoms with van der Waals surface area (Å²) in [5.41, 5.74) is 0.997. The van der Waals surface area contributed by atoms with Crippen molar-refractivity contribution in [3.63, 3.8) is 0 Å². The molecule has 2 aromatic rings. The highest BCUT2D eigenvalue weighted by atomic mass is 35.5. The van der Waals surface area contributed by atoms with E-state index in [1.807, 2.05) is 24.3 Å². The van der Waals surface area contributed by atoms with Gasteiger partial charge in [-0.2, -0.15) is 0 Å². The van der Waals surface area contributed by atoms with Crippen molar-refractivity contribution in [1.82, 2.24) is 10.3 Å². The lowest BCUT2D eigenvalue weighted by atomic mass is 10.1. The van der Waals surface area contributed by atoms with Gasteiger partial charge in [-0.3, -0.25) is 9.59 Å². The molecule has 0 spiro atoms. The van der Waals surface area contributed by atoms with Crippen LogP contribution in [0.5, 0.6) is 0 Å². The number of anilines is 1. The van der Waals surface area contributed by atoms with Gasteiger partial charge in [-0.1, -0.05) is 29.8 Å². The topological polar surface area (TPSA) is 71.1 Å². The monoisotopic (exact) mass is 335 g/mol. The minimum absolute atomic E-state index is 0.0514. The van der Waals surface area contributed by atoms with Crippen LogP contribution >= 0.6 is 22.9 Å². The Hall–Kier alpha value is -1.92. The number of nitrogens with one attached hydrogen (secondary N) is 2. The number of halogens is 1. The predicted octanol–water partition coefficient (Wildman–Crippen LogP) is 2.65. The van der Waals surface area contributed by atoms with Crippen molar-refractivity contribution in [3.8, 4) is 0 Å². The molecule has 1 aliphatic rings. The van der Waals surface area contributed by atoms with E-state index in [0.29, 0.717) is 10.2 Å². The van der Waals surface area contributed by atoms with E-state index in [1.54, 1.807) is 11.6 Å². The molecule has 0 saturated heterocycles. The van der Waals surface area contributed by atoms with Crippen molar-refractivity contribution in [3.05, 3.63) is 46.4 Å². The summed E-state index contributed by atoms with van der Waals surface area (Å²) < 4.78 is 0. The van der Waals surface area contributed by atoms with Gasteiger partial charge in [0.1, 0.15) is 0 Å². The molecule has 1 aliphatic carbocycles. The highest BCUT2D eigenvalue weighted by Gasteiger charge is 2.44. The van der Waals surface area contributed by atoms with Crippen LogP contribution in [0.1, 0.15) is 17.9 Å². The number of amides is 2. The zero-order valence-electron chi connectivity index (χ0n) is 11.6. The summed E-state index contributed by atoms with van der Waals surface area (Å²) >= 11 is 7.47. The second kappa shape index (κ2) is 6.46. The second-order valence-corrected chi connectivity index (χ2v) is 6.38. The Bertz CT molecular complexity index is 690. The standard InChI is InChI=1S/C15H14ClN3O2S/c16-12-4-2-1-3-9(12)10-7-11(10)14(21)18-8-13(20)19-15-17-5-6-22-15/h1-6,10-11H,7-8H2,(H,18,21)(H,17,19,20). The van der Waals surface area contributed by atoms with Crippen LogP contribution < -0.4 is 10.6 Å². The van der Waals surface area contributed by atoms with E-state index in [4.69, 9.17) is 11.6 Å². The summed E-state index contributed by atoms with van der Waals surface area (Å²) in [6.07, 6.45) is 2.38. The summed E-state index contributed by atoms with van der Waals surface area (Å²) in [5, 5.41) is 8.26. The Kier molecular flexibility index (Phi) is 4.40. The maximum atomic E-state index is 12.1. The summed E-state index contributed by atoms with van der Waals surface area (Å²) in [7, 11) is 0. The van der Waals surface area contributed by atoms with E-state index >= 15 is 0 Å². The number of aromatic nitrogens is 1. The van der Waals surface area contributed by atoms with Crippen molar-refractivity contribution < 1.29 is 9.59 Å². The maximum absolute atomic E-state index is 12.1. The van der Waals surface area contributed by atoms with Crippen LogP contribution in [-0.4, -0.2) is 23.3 Å². The average molecular weight is 336 g/mol. The fourth-order valence-electron chi connectivity index (χ4n) is 2.35. The second-order valence-electron chi connectivity index (χ2n) is 5.07. The van der Waals surface area contributed by atoms with E-state index in [2.05, 4.69) is 15.6 Å². The van der Waals surface area contributed by atoms with E-state index in [1.165, 1.54) is 11.3 Å².